The number of unbranched alkanes of at least 4 members (excludes halogenated alkanes) is 2. The molecular formula is C9H18N2O2. The Labute approximate surface area is 79.1 Å². The van der Waals surface area contributed by atoms with Crippen LogP contribution in [-0.4, -0.2) is 18.9 Å². The first-order valence-electron chi connectivity index (χ1n) is 4.52. The van der Waals surface area contributed by atoms with Gasteiger partial charge >= 0.3 is 6.09 Å². The minimum Gasteiger partial charge on any atom is -0.427 e. The highest BCUT2D eigenvalue weighted by Crippen LogP contribution is 1.94. The van der Waals surface area contributed by atoms with Gasteiger partial charge in [0.15, 0.2) is 6.23 Å². The molecule has 0 spiro atoms. The molecule has 0 aliphatic heterocycles. The maximum absolute atomic E-state index is 10.4. The Bertz CT molecular complexity index is 160. The van der Waals surface area contributed by atoms with Gasteiger partial charge in [-0.25, -0.2) is 4.79 Å². The van der Waals surface area contributed by atoms with Gasteiger partial charge in [0.2, 0.25) is 0 Å². The van der Waals surface area contributed by atoms with Gasteiger partial charge in [0, 0.05) is 0 Å². The lowest BCUT2D eigenvalue weighted by Crippen LogP contribution is -2.34. The lowest BCUT2D eigenvalue weighted by Gasteiger charge is -2.13. The molecule has 0 aliphatic rings. The first-order valence-corrected chi connectivity index (χ1v) is 4.52. The van der Waals surface area contributed by atoms with E-state index in [0.717, 1.165) is 25.8 Å². The first-order chi connectivity index (χ1) is 6.20. The average Bonchev–Trinajstić information content (AvgIpc) is 2.09. The molecule has 13 heavy (non-hydrogen) atoms. The Kier molecular flexibility index (Phi) is 7.01. The van der Waals surface area contributed by atoms with Gasteiger partial charge in [-0.2, -0.15) is 0 Å². The Morgan fingerprint density at radius 3 is 2.85 bits per heavy atom. The van der Waals surface area contributed by atoms with Crippen LogP contribution in [0.15, 0.2) is 12.7 Å². The number of ether oxygens (including phenoxy) is 1. The Morgan fingerprint density at radius 2 is 2.38 bits per heavy atom. The van der Waals surface area contributed by atoms with Crippen LogP contribution in [-0.2, 0) is 4.74 Å². The molecule has 0 fully saturated rings. The molecule has 0 aliphatic carbocycles. The SMILES string of the molecule is C=CC(NCCCCC)OC(N)=O. The molecule has 0 aromatic heterocycles. The van der Waals surface area contributed by atoms with E-state index in [0.29, 0.717) is 0 Å². The van der Waals surface area contributed by atoms with Crippen molar-refractivity contribution in [3.63, 3.8) is 0 Å². The van der Waals surface area contributed by atoms with Crippen molar-refractivity contribution < 1.29 is 9.53 Å². The standard InChI is InChI=1S/C9H18N2O2/c1-3-5-6-7-11-8(4-2)13-9(10)12/h4,8,11H,2-3,5-7H2,1H3,(H2,10,12). The maximum atomic E-state index is 10.4. The molecule has 76 valence electrons. The highest BCUT2D eigenvalue weighted by Gasteiger charge is 2.05. The summed E-state index contributed by atoms with van der Waals surface area (Å²) in [5.41, 5.74) is 4.85. The summed E-state index contributed by atoms with van der Waals surface area (Å²) in [5, 5.41) is 2.99. The minimum atomic E-state index is -0.784. The van der Waals surface area contributed by atoms with E-state index >= 15 is 0 Å². The molecule has 4 nitrogen and oxygen atoms in total. The summed E-state index contributed by atoms with van der Waals surface area (Å²) in [7, 11) is 0. The molecule has 0 saturated heterocycles. The van der Waals surface area contributed by atoms with Gasteiger partial charge in [0.25, 0.3) is 0 Å². The van der Waals surface area contributed by atoms with Crippen molar-refractivity contribution in [3.8, 4) is 0 Å². The minimum absolute atomic E-state index is 0.464. The zero-order valence-corrected chi connectivity index (χ0v) is 8.08. The fourth-order valence-electron chi connectivity index (χ4n) is 0.918. The van der Waals surface area contributed by atoms with Crippen molar-refractivity contribution in [2.75, 3.05) is 6.54 Å². The van der Waals surface area contributed by atoms with E-state index in [9.17, 15) is 4.79 Å². The second-order valence-electron chi connectivity index (χ2n) is 2.75. The second kappa shape index (κ2) is 7.61. The third kappa shape index (κ3) is 7.33. The summed E-state index contributed by atoms with van der Waals surface area (Å²) < 4.78 is 4.69. The van der Waals surface area contributed by atoms with Crippen molar-refractivity contribution in [1.29, 1.82) is 0 Å². The van der Waals surface area contributed by atoms with Crippen molar-refractivity contribution in [3.05, 3.63) is 12.7 Å². The van der Waals surface area contributed by atoms with E-state index in [2.05, 4.69) is 23.6 Å². The molecule has 0 saturated carbocycles. The third-order valence-electron chi connectivity index (χ3n) is 1.58. The summed E-state index contributed by atoms with van der Waals surface area (Å²) >= 11 is 0. The smallest absolute Gasteiger partial charge is 0.406 e. The van der Waals surface area contributed by atoms with E-state index in [1.165, 1.54) is 6.08 Å². The normalized spacial score (nSPS) is 12.1. The third-order valence-corrected chi connectivity index (χ3v) is 1.58. The summed E-state index contributed by atoms with van der Waals surface area (Å²) in [6, 6.07) is 0. The van der Waals surface area contributed by atoms with Gasteiger partial charge in [-0.05, 0) is 19.0 Å². The first kappa shape index (κ1) is 12.0. The molecule has 3 N–H and O–H groups in total. The number of nitrogens with one attached hydrogen (secondary N) is 1. The number of rotatable bonds is 7. The van der Waals surface area contributed by atoms with Crippen LogP contribution in [0.1, 0.15) is 26.2 Å². The highest BCUT2D eigenvalue weighted by molar-refractivity contribution is 5.64. The molecule has 1 atom stereocenters. The summed E-state index contributed by atoms with van der Waals surface area (Å²) in [6.07, 6.45) is 3.65. The number of nitrogens with two attached hydrogens (primary N) is 1. The average molecular weight is 186 g/mol. The van der Waals surface area contributed by atoms with Crippen LogP contribution < -0.4 is 11.1 Å². The molecule has 0 radical (unpaired) electrons. The number of hydrogen-bond acceptors (Lipinski definition) is 3. The zero-order chi connectivity index (χ0) is 10.1. The van der Waals surface area contributed by atoms with Crippen LogP contribution in [0.25, 0.3) is 0 Å². The number of carbonyl (C=O) groups is 1. The summed E-state index contributed by atoms with van der Waals surface area (Å²) in [5.74, 6) is 0. The highest BCUT2D eigenvalue weighted by atomic mass is 16.6. The van der Waals surface area contributed by atoms with Crippen LogP contribution in [0.5, 0.6) is 0 Å². The quantitative estimate of drug-likeness (QED) is 0.358. The molecule has 0 aromatic rings. The van der Waals surface area contributed by atoms with Crippen LogP contribution in [0.3, 0.4) is 0 Å². The van der Waals surface area contributed by atoms with E-state index in [1.807, 2.05) is 0 Å². The molecule has 1 unspecified atom stereocenters. The molecule has 0 rings (SSSR count). The molecular weight excluding hydrogens is 168 g/mol. The van der Waals surface area contributed by atoms with Crippen molar-refractivity contribution in [2.24, 2.45) is 5.73 Å². The van der Waals surface area contributed by atoms with Crippen molar-refractivity contribution in [1.82, 2.24) is 5.32 Å². The van der Waals surface area contributed by atoms with Gasteiger partial charge in [0.05, 0.1) is 0 Å². The van der Waals surface area contributed by atoms with Crippen LogP contribution in [0.2, 0.25) is 0 Å². The number of carbonyl (C=O) groups excluding carboxylic acids is 1. The Hall–Kier alpha value is -1.03. The molecule has 4 heteroatoms. The number of hydrogen-bond donors (Lipinski definition) is 2. The summed E-state index contributed by atoms with van der Waals surface area (Å²) in [6.45, 7) is 6.45. The van der Waals surface area contributed by atoms with E-state index < -0.39 is 12.3 Å². The molecule has 0 heterocycles. The predicted octanol–water partition coefficient (Wildman–Crippen LogP) is 1.37. The van der Waals surface area contributed by atoms with Crippen LogP contribution in [0, 0.1) is 0 Å². The van der Waals surface area contributed by atoms with Gasteiger partial charge in [-0.15, -0.1) is 0 Å². The maximum Gasteiger partial charge on any atom is 0.406 e. The zero-order valence-electron chi connectivity index (χ0n) is 8.08. The van der Waals surface area contributed by atoms with E-state index in [1.54, 1.807) is 0 Å². The van der Waals surface area contributed by atoms with Gasteiger partial charge in [-0.1, -0.05) is 26.3 Å². The lowest BCUT2D eigenvalue weighted by atomic mass is 10.2. The fourth-order valence-corrected chi connectivity index (χ4v) is 0.918. The largest absolute Gasteiger partial charge is 0.427 e. The van der Waals surface area contributed by atoms with Gasteiger partial charge in [0.1, 0.15) is 0 Å². The monoisotopic (exact) mass is 186 g/mol. The predicted molar refractivity (Wildman–Crippen MR) is 52.2 cm³/mol. The Balaban J connectivity index is 3.48. The summed E-state index contributed by atoms with van der Waals surface area (Å²) in [4.78, 5) is 10.4. The molecule has 0 aromatic carbocycles. The van der Waals surface area contributed by atoms with Crippen LogP contribution in [0.4, 0.5) is 4.79 Å². The Morgan fingerprint density at radius 1 is 1.69 bits per heavy atom. The molecule has 0 bridgehead atoms. The van der Waals surface area contributed by atoms with E-state index in [4.69, 9.17) is 5.73 Å². The number of amides is 1. The van der Waals surface area contributed by atoms with Crippen molar-refractivity contribution in [2.45, 2.75) is 32.4 Å². The van der Waals surface area contributed by atoms with Gasteiger partial charge < -0.3 is 10.5 Å². The van der Waals surface area contributed by atoms with Gasteiger partial charge in [-0.3, -0.25) is 5.32 Å². The van der Waals surface area contributed by atoms with Crippen molar-refractivity contribution >= 4 is 6.09 Å². The fraction of sp³-hybridized carbons (Fsp3) is 0.667. The number of primary amides is 1. The molecule has 1 amide bonds. The topological polar surface area (TPSA) is 64.3 Å². The lowest BCUT2D eigenvalue weighted by molar-refractivity contribution is 0.112. The van der Waals surface area contributed by atoms with E-state index in [-0.39, 0.29) is 0 Å². The second-order valence-corrected chi connectivity index (χ2v) is 2.75. The van der Waals surface area contributed by atoms with Crippen LogP contribution >= 0.6 is 0 Å².